The van der Waals surface area contributed by atoms with Crippen LogP contribution in [0.2, 0.25) is 0 Å². The van der Waals surface area contributed by atoms with Crippen LogP contribution in [-0.4, -0.2) is 5.11 Å². The topological polar surface area (TPSA) is 20.2 Å². The molecule has 0 spiro atoms. The van der Waals surface area contributed by atoms with Gasteiger partial charge in [-0.15, -0.1) is 0 Å². The van der Waals surface area contributed by atoms with Gasteiger partial charge < -0.3 is 5.11 Å². The van der Waals surface area contributed by atoms with Gasteiger partial charge in [0.1, 0.15) is 5.75 Å². The molecular formula is C12H16O. The lowest BCUT2D eigenvalue weighted by Gasteiger charge is -2.00. The van der Waals surface area contributed by atoms with Crippen molar-refractivity contribution in [2.45, 2.75) is 32.1 Å². The highest BCUT2D eigenvalue weighted by atomic mass is 16.3. The molecule has 0 atom stereocenters. The van der Waals surface area contributed by atoms with E-state index in [1.807, 2.05) is 12.1 Å². The smallest absolute Gasteiger partial charge is 0.115 e. The standard InChI is InChI=1S/C12H16O/c13-12-8-6-11(7-9-12)3-1-2-10-4-5-10/h6-10,13H,1-5H2. The minimum Gasteiger partial charge on any atom is -0.508 e. The van der Waals surface area contributed by atoms with E-state index >= 15 is 0 Å². The molecule has 0 saturated heterocycles. The third-order valence-electron chi connectivity index (χ3n) is 2.71. The first-order chi connectivity index (χ1) is 6.34. The average molecular weight is 176 g/mol. The number of phenolic OH excluding ortho intramolecular Hbond substituents is 1. The van der Waals surface area contributed by atoms with Gasteiger partial charge in [-0.1, -0.05) is 31.4 Å². The van der Waals surface area contributed by atoms with E-state index in [0.717, 1.165) is 12.3 Å². The molecule has 1 aromatic carbocycles. The first kappa shape index (κ1) is 8.61. The summed E-state index contributed by atoms with van der Waals surface area (Å²) in [5, 5.41) is 9.08. The van der Waals surface area contributed by atoms with Crippen molar-refractivity contribution < 1.29 is 5.11 Å². The normalized spacial score (nSPS) is 16.0. The maximum absolute atomic E-state index is 9.08. The zero-order valence-electron chi connectivity index (χ0n) is 7.87. The highest BCUT2D eigenvalue weighted by Crippen LogP contribution is 2.33. The Morgan fingerprint density at radius 2 is 1.85 bits per heavy atom. The van der Waals surface area contributed by atoms with Crippen LogP contribution >= 0.6 is 0 Å². The lowest BCUT2D eigenvalue weighted by Crippen LogP contribution is -1.85. The predicted molar refractivity (Wildman–Crippen MR) is 53.8 cm³/mol. The summed E-state index contributed by atoms with van der Waals surface area (Å²) < 4.78 is 0. The summed E-state index contributed by atoms with van der Waals surface area (Å²) in [7, 11) is 0. The first-order valence-electron chi connectivity index (χ1n) is 5.12. The van der Waals surface area contributed by atoms with Crippen LogP contribution in [0, 0.1) is 5.92 Å². The number of aromatic hydroxyl groups is 1. The van der Waals surface area contributed by atoms with Gasteiger partial charge in [0, 0.05) is 0 Å². The molecule has 0 aromatic heterocycles. The summed E-state index contributed by atoms with van der Waals surface area (Å²) in [4.78, 5) is 0. The Kier molecular flexibility index (Phi) is 2.53. The molecule has 0 heterocycles. The van der Waals surface area contributed by atoms with Gasteiger partial charge in [0.2, 0.25) is 0 Å². The zero-order valence-corrected chi connectivity index (χ0v) is 7.87. The molecule has 70 valence electrons. The fourth-order valence-electron chi connectivity index (χ4n) is 1.66. The SMILES string of the molecule is Oc1ccc(CCCC2CC2)cc1. The second-order valence-electron chi connectivity index (χ2n) is 4.00. The molecule has 1 fully saturated rings. The number of phenols is 1. The highest BCUT2D eigenvalue weighted by molar-refractivity contribution is 5.25. The summed E-state index contributed by atoms with van der Waals surface area (Å²) in [5.74, 6) is 1.41. The second-order valence-corrected chi connectivity index (χ2v) is 4.00. The molecular weight excluding hydrogens is 160 g/mol. The van der Waals surface area contributed by atoms with Gasteiger partial charge in [0.05, 0.1) is 0 Å². The third-order valence-corrected chi connectivity index (χ3v) is 2.71. The summed E-state index contributed by atoms with van der Waals surface area (Å²) >= 11 is 0. The molecule has 1 aromatic rings. The Labute approximate surface area is 79.4 Å². The van der Waals surface area contributed by atoms with E-state index in [1.54, 1.807) is 12.1 Å². The van der Waals surface area contributed by atoms with E-state index < -0.39 is 0 Å². The number of aryl methyl sites for hydroxylation is 1. The van der Waals surface area contributed by atoms with Crippen LogP contribution in [0.1, 0.15) is 31.2 Å². The van der Waals surface area contributed by atoms with Gasteiger partial charge >= 0.3 is 0 Å². The molecule has 1 aliphatic carbocycles. The van der Waals surface area contributed by atoms with Crippen molar-refractivity contribution in [3.05, 3.63) is 29.8 Å². The monoisotopic (exact) mass is 176 g/mol. The summed E-state index contributed by atoms with van der Waals surface area (Å²) in [5.41, 5.74) is 1.35. The maximum atomic E-state index is 9.08. The zero-order chi connectivity index (χ0) is 9.10. The molecule has 1 heteroatoms. The van der Waals surface area contributed by atoms with Crippen LogP contribution < -0.4 is 0 Å². The number of hydrogen-bond donors (Lipinski definition) is 1. The molecule has 1 N–H and O–H groups in total. The van der Waals surface area contributed by atoms with E-state index in [2.05, 4.69) is 0 Å². The quantitative estimate of drug-likeness (QED) is 0.747. The van der Waals surface area contributed by atoms with Crippen molar-refractivity contribution in [1.82, 2.24) is 0 Å². The van der Waals surface area contributed by atoms with E-state index in [-0.39, 0.29) is 0 Å². The van der Waals surface area contributed by atoms with Gasteiger partial charge in [-0.2, -0.15) is 0 Å². The fourth-order valence-corrected chi connectivity index (χ4v) is 1.66. The van der Waals surface area contributed by atoms with Crippen molar-refractivity contribution in [2.75, 3.05) is 0 Å². The Morgan fingerprint density at radius 1 is 1.15 bits per heavy atom. The van der Waals surface area contributed by atoms with Crippen LogP contribution in [0.5, 0.6) is 5.75 Å². The molecule has 13 heavy (non-hydrogen) atoms. The van der Waals surface area contributed by atoms with E-state index in [4.69, 9.17) is 5.11 Å². The molecule has 0 amide bonds. The molecule has 1 saturated carbocycles. The lowest BCUT2D eigenvalue weighted by molar-refractivity contribution is 0.475. The predicted octanol–water partition coefficient (Wildman–Crippen LogP) is 3.12. The number of benzene rings is 1. The van der Waals surface area contributed by atoms with Crippen LogP contribution in [0.4, 0.5) is 0 Å². The molecule has 2 rings (SSSR count). The minimum absolute atomic E-state index is 0.367. The van der Waals surface area contributed by atoms with E-state index in [9.17, 15) is 0 Å². The van der Waals surface area contributed by atoms with Gasteiger partial charge in [-0.25, -0.2) is 0 Å². The van der Waals surface area contributed by atoms with E-state index in [0.29, 0.717) is 5.75 Å². The molecule has 0 bridgehead atoms. The fraction of sp³-hybridized carbons (Fsp3) is 0.500. The first-order valence-corrected chi connectivity index (χ1v) is 5.12. The molecule has 1 nitrogen and oxygen atoms in total. The van der Waals surface area contributed by atoms with Gasteiger partial charge in [0.25, 0.3) is 0 Å². The Balaban J connectivity index is 1.76. The number of rotatable bonds is 4. The minimum atomic E-state index is 0.367. The van der Waals surface area contributed by atoms with Crippen molar-refractivity contribution >= 4 is 0 Å². The van der Waals surface area contributed by atoms with Crippen molar-refractivity contribution in [3.63, 3.8) is 0 Å². The van der Waals surface area contributed by atoms with Gasteiger partial charge in [-0.3, -0.25) is 0 Å². The Hall–Kier alpha value is -0.980. The molecule has 1 aliphatic rings. The van der Waals surface area contributed by atoms with Crippen LogP contribution in [-0.2, 0) is 6.42 Å². The van der Waals surface area contributed by atoms with Gasteiger partial charge in [-0.05, 0) is 36.5 Å². The summed E-state index contributed by atoms with van der Waals surface area (Å²) in [6, 6.07) is 7.57. The molecule has 0 radical (unpaired) electrons. The summed E-state index contributed by atoms with van der Waals surface area (Å²) in [6.07, 6.45) is 6.76. The van der Waals surface area contributed by atoms with E-state index in [1.165, 1.54) is 31.2 Å². The van der Waals surface area contributed by atoms with Crippen LogP contribution in [0.25, 0.3) is 0 Å². The summed E-state index contributed by atoms with van der Waals surface area (Å²) in [6.45, 7) is 0. The lowest BCUT2D eigenvalue weighted by atomic mass is 10.1. The number of hydrogen-bond acceptors (Lipinski definition) is 1. The second kappa shape index (κ2) is 3.82. The Bertz CT molecular complexity index is 259. The third kappa shape index (κ3) is 2.76. The Morgan fingerprint density at radius 3 is 2.46 bits per heavy atom. The maximum Gasteiger partial charge on any atom is 0.115 e. The largest absolute Gasteiger partial charge is 0.508 e. The van der Waals surface area contributed by atoms with Crippen molar-refractivity contribution in [2.24, 2.45) is 5.92 Å². The van der Waals surface area contributed by atoms with Crippen molar-refractivity contribution in [1.29, 1.82) is 0 Å². The van der Waals surface area contributed by atoms with Crippen LogP contribution in [0.3, 0.4) is 0 Å². The average Bonchev–Trinajstić information content (AvgIpc) is 2.92. The van der Waals surface area contributed by atoms with Crippen LogP contribution in [0.15, 0.2) is 24.3 Å². The highest BCUT2D eigenvalue weighted by Gasteiger charge is 2.19. The van der Waals surface area contributed by atoms with Crippen molar-refractivity contribution in [3.8, 4) is 5.75 Å². The molecule has 0 unspecified atom stereocenters. The molecule has 0 aliphatic heterocycles. The van der Waals surface area contributed by atoms with Gasteiger partial charge in [0.15, 0.2) is 0 Å².